The average Bonchev–Trinajstić information content (AvgIpc) is 2.75. The van der Waals surface area contributed by atoms with Gasteiger partial charge in [0.15, 0.2) is 0 Å². The smallest absolute Gasteiger partial charge is 0.266 e. The number of hydrogen-bond donors (Lipinski definition) is 0. The van der Waals surface area contributed by atoms with Gasteiger partial charge in [0.05, 0.1) is 12.0 Å². The highest BCUT2D eigenvalue weighted by Crippen LogP contribution is 2.34. The molecule has 112 valence electrons. The zero-order valence-electron chi connectivity index (χ0n) is 12.0. The van der Waals surface area contributed by atoms with Crippen LogP contribution in [-0.4, -0.2) is 42.5 Å². The van der Waals surface area contributed by atoms with E-state index in [0.29, 0.717) is 22.4 Å². The highest BCUT2D eigenvalue weighted by Gasteiger charge is 2.31. The van der Waals surface area contributed by atoms with E-state index in [1.165, 1.54) is 11.8 Å². The molecule has 4 nitrogen and oxygen atoms in total. The van der Waals surface area contributed by atoms with Gasteiger partial charge >= 0.3 is 0 Å². The molecule has 0 spiro atoms. The Morgan fingerprint density at radius 3 is 2.81 bits per heavy atom. The third-order valence-electron chi connectivity index (χ3n) is 3.03. The van der Waals surface area contributed by atoms with Crippen LogP contribution in [0.3, 0.4) is 0 Å². The van der Waals surface area contributed by atoms with E-state index in [1.54, 1.807) is 19.1 Å². The molecule has 1 saturated heterocycles. The normalized spacial score (nSPS) is 16.9. The lowest BCUT2D eigenvalue weighted by Gasteiger charge is -2.13. The molecule has 1 aromatic rings. The lowest BCUT2D eigenvalue weighted by molar-refractivity contribution is -0.122. The van der Waals surface area contributed by atoms with Crippen LogP contribution in [0.15, 0.2) is 29.2 Å². The van der Waals surface area contributed by atoms with Crippen molar-refractivity contribution in [2.24, 2.45) is 0 Å². The Balaban J connectivity index is 2.16. The third-order valence-corrected chi connectivity index (χ3v) is 4.41. The second-order valence-electron chi connectivity index (χ2n) is 4.42. The lowest BCUT2D eigenvalue weighted by Crippen LogP contribution is -2.29. The Morgan fingerprint density at radius 1 is 1.33 bits per heavy atom. The first-order valence-corrected chi connectivity index (χ1v) is 7.77. The van der Waals surface area contributed by atoms with Gasteiger partial charge < -0.3 is 9.47 Å². The lowest BCUT2D eigenvalue weighted by atomic mass is 10.2. The topological polar surface area (TPSA) is 38.8 Å². The monoisotopic (exact) mass is 323 g/mol. The molecule has 0 saturated carbocycles. The van der Waals surface area contributed by atoms with Crippen molar-refractivity contribution < 1.29 is 14.3 Å². The molecule has 6 heteroatoms. The summed E-state index contributed by atoms with van der Waals surface area (Å²) in [6, 6.07) is 7.58. The molecule has 0 atom stereocenters. The summed E-state index contributed by atoms with van der Waals surface area (Å²) in [5, 5.41) is 0. The van der Waals surface area contributed by atoms with E-state index >= 15 is 0 Å². The van der Waals surface area contributed by atoms with Crippen LogP contribution in [0.1, 0.15) is 12.0 Å². The summed E-state index contributed by atoms with van der Waals surface area (Å²) >= 11 is 6.60. The Kier molecular flexibility index (Phi) is 5.78. The highest BCUT2D eigenvalue weighted by atomic mass is 32.2. The minimum atomic E-state index is -0.0491. The van der Waals surface area contributed by atoms with Crippen molar-refractivity contribution >= 4 is 40.3 Å². The summed E-state index contributed by atoms with van der Waals surface area (Å²) in [5.41, 5.74) is 0.873. The summed E-state index contributed by atoms with van der Waals surface area (Å²) < 4.78 is 10.9. The molecule has 2 rings (SSSR count). The van der Waals surface area contributed by atoms with Crippen LogP contribution in [0.25, 0.3) is 6.08 Å². The molecule has 1 aliphatic heterocycles. The van der Waals surface area contributed by atoms with E-state index in [4.69, 9.17) is 21.7 Å². The number of carbonyl (C=O) groups excluding carboxylic acids is 1. The minimum absolute atomic E-state index is 0.0491. The fourth-order valence-corrected chi connectivity index (χ4v) is 3.29. The molecule has 1 fully saturated rings. The largest absolute Gasteiger partial charge is 0.496 e. The van der Waals surface area contributed by atoms with Crippen molar-refractivity contribution in [2.45, 2.75) is 6.42 Å². The van der Waals surface area contributed by atoms with Crippen molar-refractivity contribution in [3.8, 4) is 5.75 Å². The van der Waals surface area contributed by atoms with E-state index < -0.39 is 0 Å². The second-order valence-corrected chi connectivity index (χ2v) is 6.10. The van der Waals surface area contributed by atoms with Crippen LogP contribution in [0.4, 0.5) is 0 Å². The van der Waals surface area contributed by atoms with Crippen LogP contribution < -0.4 is 4.74 Å². The van der Waals surface area contributed by atoms with Gasteiger partial charge in [-0.1, -0.05) is 42.2 Å². The first-order chi connectivity index (χ1) is 10.2. The number of ether oxygens (including phenoxy) is 2. The molecule has 1 aromatic carbocycles. The van der Waals surface area contributed by atoms with E-state index in [-0.39, 0.29) is 5.91 Å². The quantitative estimate of drug-likeness (QED) is 0.457. The van der Waals surface area contributed by atoms with Crippen LogP contribution in [0.5, 0.6) is 5.75 Å². The van der Waals surface area contributed by atoms with Gasteiger partial charge in [0.1, 0.15) is 10.1 Å². The standard InChI is InChI=1S/C15H17NO3S2/c1-18-9-5-8-16-14(17)13(21-15(16)20)10-11-6-3-4-7-12(11)19-2/h3-4,6-7,10H,5,8-9H2,1-2H3/b13-10+. The molecule has 0 aliphatic carbocycles. The molecule has 1 aliphatic rings. The summed E-state index contributed by atoms with van der Waals surface area (Å²) in [7, 11) is 3.26. The molecule has 0 N–H and O–H groups in total. The van der Waals surface area contributed by atoms with Gasteiger partial charge in [-0.2, -0.15) is 0 Å². The molecule has 21 heavy (non-hydrogen) atoms. The number of hydrogen-bond acceptors (Lipinski definition) is 5. The van der Waals surface area contributed by atoms with Gasteiger partial charge in [-0.25, -0.2) is 0 Å². The number of thiocarbonyl (C=S) groups is 1. The fraction of sp³-hybridized carbons (Fsp3) is 0.333. The van der Waals surface area contributed by atoms with E-state index in [9.17, 15) is 4.79 Å². The number of amides is 1. The maximum atomic E-state index is 12.4. The van der Waals surface area contributed by atoms with Crippen LogP contribution in [0, 0.1) is 0 Å². The number of thioether (sulfide) groups is 1. The number of rotatable bonds is 6. The highest BCUT2D eigenvalue weighted by molar-refractivity contribution is 8.26. The SMILES string of the molecule is COCCCN1C(=O)/C(=C\c2ccccc2OC)SC1=S. The first-order valence-electron chi connectivity index (χ1n) is 6.54. The van der Waals surface area contributed by atoms with Crippen molar-refractivity contribution in [3.05, 3.63) is 34.7 Å². The number of carbonyl (C=O) groups is 1. The number of methoxy groups -OCH3 is 2. The van der Waals surface area contributed by atoms with Gasteiger partial charge in [-0.15, -0.1) is 0 Å². The Bertz CT molecular complexity index is 572. The van der Waals surface area contributed by atoms with E-state index in [2.05, 4.69) is 0 Å². The van der Waals surface area contributed by atoms with Gasteiger partial charge in [0.25, 0.3) is 5.91 Å². The summed E-state index contributed by atoms with van der Waals surface area (Å²) in [5.74, 6) is 0.689. The predicted molar refractivity (Wildman–Crippen MR) is 89.4 cm³/mol. The molecule has 0 unspecified atom stereocenters. The van der Waals surface area contributed by atoms with E-state index in [0.717, 1.165) is 17.7 Å². The second kappa shape index (κ2) is 7.59. The molecule has 0 bridgehead atoms. The number of benzene rings is 1. The Labute approximate surface area is 134 Å². The summed E-state index contributed by atoms with van der Waals surface area (Å²) in [6.07, 6.45) is 2.60. The predicted octanol–water partition coefficient (Wildman–Crippen LogP) is 2.93. The van der Waals surface area contributed by atoms with E-state index in [1.807, 2.05) is 30.3 Å². The zero-order chi connectivity index (χ0) is 15.2. The van der Waals surface area contributed by atoms with Crippen molar-refractivity contribution in [1.82, 2.24) is 4.90 Å². The fourth-order valence-electron chi connectivity index (χ4n) is 1.99. The van der Waals surface area contributed by atoms with Crippen LogP contribution in [-0.2, 0) is 9.53 Å². The third kappa shape index (κ3) is 3.84. The van der Waals surface area contributed by atoms with Gasteiger partial charge in [-0.3, -0.25) is 9.69 Å². The molecule has 0 radical (unpaired) electrons. The number of nitrogens with zero attached hydrogens (tertiary/aromatic N) is 1. The van der Waals surface area contributed by atoms with Crippen molar-refractivity contribution in [2.75, 3.05) is 27.4 Å². The van der Waals surface area contributed by atoms with Crippen molar-refractivity contribution in [1.29, 1.82) is 0 Å². The van der Waals surface area contributed by atoms with Gasteiger partial charge in [0.2, 0.25) is 0 Å². The van der Waals surface area contributed by atoms with Crippen LogP contribution >= 0.6 is 24.0 Å². The summed E-state index contributed by atoms with van der Waals surface area (Å²) in [6.45, 7) is 1.20. The maximum Gasteiger partial charge on any atom is 0.266 e. The van der Waals surface area contributed by atoms with Crippen LogP contribution in [0.2, 0.25) is 0 Å². The summed E-state index contributed by atoms with van der Waals surface area (Å²) in [4.78, 5) is 14.6. The molecule has 1 heterocycles. The molecule has 0 aromatic heterocycles. The first kappa shape index (κ1) is 16.0. The Morgan fingerprint density at radius 2 is 2.10 bits per heavy atom. The molecule has 1 amide bonds. The average molecular weight is 323 g/mol. The van der Waals surface area contributed by atoms with Gasteiger partial charge in [-0.05, 0) is 18.6 Å². The molecular formula is C15H17NO3S2. The minimum Gasteiger partial charge on any atom is -0.496 e. The molecular weight excluding hydrogens is 306 g/mol. The Hall–Kier alpha value is -1.37. The van der Waals surface area contributed by atoms with Gasteiger partial charge in [0, 0.05) is 25.8 Å². The zero-order valence-corrected chi connectivity index (χ0v) is 13.6. The number of para-hydroxylation sites is 1. The van der Waals surface area contributed by atoms with Crippen molar-refractivity contribution in [3.63, 3.8) is 0 Å². The maximum absolute atomic E-state index is 12.4.